The Balaban J connectivity index is 1.70. The zero-order valence-corrected chi connectivity index (χ0v) is 21.4. The lowest BCUT2D eigenvalue weighted by atomic mass is 9.93. The number of rotatable bonds is 9. The van der Waals surface area contributed by atoms with E-state index in [9.17, 15) is 17.4 Å². The molecule has 0 saturated carbocycles. The van der Waals surface area contributed by atoms with Gasteiger partial charge < -0.3 is 15.0 Å². The summed E-state index contributed by atoms with van der Waals surface area (Å²) in [5.74, 6) is 1.84. The van der Waals surface area contributed by atoms with Crippen molar-refractivity contribution in [1.29, 1.82) is 0 Å². The Hall–Kier alpha value is -2.79. The molecule has 4 rings (SSSR count). The van der Waals surface area contributed by atoms with Crippen LogP contribution >= 0.6 is 0 Å². The molecule has 1 aromatic carbocycles. The van der Waals surface area contributed by atoms with Gasteiger partial charge in [-0.1, -0.05) is 18.2 Å². The predicted molar refractivity (Wildman–Crippen MR) is 135 cm³/mol. The molecule has 1 fully saturated rings. The molecule has 0 radical (unpaired) electrons. The molecule has 36 heavy (non-hydrogen) atoms. The van der Waals surface area contributed by atoms with Gasteiger partial charge in [-0.3, -0.25) is 4.21 Å². The minimum Gasteiger partial charge on any atom is -0.476 e. The molecular weight excluding hydrogens is 491 g/mol. The third-order valence-electron chi connectivity index (χ3n) is 6.19. The van der Waals surface area contributed by atoms with Crippen LogP contribution in [0.2, 0.25) is 0 Å². The van der Waals surface area contributed by atoms with Gasteiger partial charge in [0.15, 0.2) is 5.65 Å². The van der Waals surface area contributed by atoms with Crippen LogP contribution in [0, 0.1) is 12.7 Å². The highest BCUT2D eigenvalue weighted by molar-refractivity contribution is 7.85. The lowest BCUT2D eigenvalue weighted by Gasteiger charge is -2.24. The maximum absolute atomic E-state index is 14.6. The summed E-state index contributed by atoms with van der Waals surface area (Å²) in [6.07, 6.45) is -1.38. The second-order valence-electron chi connectivity index (χ2n) is 9.12. The summed E-state index contributed by atoms with van der Waals surface area (Å²) in [4.78, 5) is 15.7. The fraction of sp³-hybridized carbons (Fsp3) is 0.480. The Morgan fingerprint density at radius 2 is 1.94 bits per heavy atom. The lowest BCUT2D eigenvalue weighted by molar-refractivity contribution is 0.146. The number of nitrogens with one attached hydrogen (secondary N) is 1. The number of alkyl halides is 2. The minimum absolute atomic E-state index is 0.0310. The van der Waals surface area contributed by atoms with Crippen LogP contribution in [-0.2, 0) is 17.3 Å². The van der Waals surface area contributed by atoms with Gasteiger partial charge in [0.25, 0.3) is 6.43 Å². The first-order valence-electron chi connectivity index (χ1n) is 11.8. The first-order chi connectivity index (χ1) is 17.2. The van der Waals surface area contributed by atoms with Gasteiger partial charge in [-0.05, 0) is 45.8 Å². The van der Waals surface area contributed by atoms with Crippen LogP contribution in [0.1, 0.15) is 47.7 Å². The summed E-state index contributed by atoms with van der Waals surface area (Å²) in [6.45, 7) is 2.86. The number of hydrogen-bond acceptors (Lipinski definition) is 7. The maximum atomic E-state index is 14.6. The monoisotopic (exact) mass is 521 g/mol. The topological polar surface area (TPSA) is 80.2 Å². The van der Waals surface area contributed by atoms with Crippen LogP contribution < -0.4 is 10.1 Å². The van der Waals surface area contributed by atoms with E-state index in [-0.39, 0.29) is 18.0 Å². The third kappa shape index (κ3) is 6.12. The van der Waals surface area contributed by atoms with E-state index in [1.165, 1.54) is 12.1 Å². The van der Waals surface area contributed by atoms with E-state index in [0.717, 1.165) is 24.5 Å². The smallest absolute Gasteiger partial charge is 0.266 e. The second kappa shape index (κ2) is 11.5. The van der Waals surface area contributed by atoms with Gasteiger partial charge in [0.1, 0.15) is 24.1 Å². The Bertz CT molecular complexity index is 1250. The SMILES string of the molecule is Cc1nc(NCc2cccc(C(F)F)c2F)c2cc(C3CCS(=O)CC3)c(OCCN(C)C)nc2n1. The van der Waals surface area contributed by atoms with E-state index < -0.39 is 28.6 Å². The van der Waals surface area contributed by atoms with Crippen LogP contribution in [0.5, 0.6) is 5.88 Å². The van der Waals surface area contributed by atoms with Crippen molar-refractivity contribution < 1.29 is 22.1 Å². The highest BCUT2D eigenvalue weighted by atomic mass is 32.2. The number of likely N-dealkylation sites (N-methyl/N-ethyl adjacent to an activating group) is 1. The van der Waals surface area contributed by atoms with Gasteiger partial charge in [-0.2, -0.15) is 4.98 Å². The van der Waals surface area contributed by atoms with Gasteiger partial charge >= 0.3 is 0 Å². The first-order valence-corrected chi connectivity index (χ1v) is 13.3. The number of anilines is 1. The molecule has 3 heterocycles. The average molecular weight is 522 g/mol. The van der Waals surface area contributed by atoms with Crippen molar-refractivity contribution in [3.63, 3.8) is 0 Å². The van der Waals surface area contributed by atoms with Gasteiger partial charge in [0.2, 0.25) is 5.88 Å². The number of hydrogen-bond donors (Lipinski definition) is 1. The number of benzene rings is 1. The van der Waals surface area contributed by atoms with Gasteiger partial charge in [0, 0.05) is 46.5 Å². The minimum atomic E-state index is -2.89. The zero-order valence-electron chi connectivity index (χ0n) is 20.6. The number of pyridine rings is 1. The lowest BCUT2D eigenvalue weighted by Crippen LogP contribution is -2.22. The molecule has 194 valence electrons. The fourth-order valence-corrected chi connectivity index (χ4v) is 5.52. The van der Waals surface area contributed by atoms with E-state index >= 15 is 0 Å². The molecule has 1 N–H and O–H groups in total. The van der Waals surface area contributed by atoms with E-state index in [2.05, 4.69) is 15.3 Å². The van der Waals surface area contributed by atoms with Gasteiger partial charge in [0.05, 0.1) is 10.9 Å². The third-order valence-corrected chi connectivity index (χ3v) is 7.57. The molecule has 2 aromatic heterocycles. The van der Waals surface area contributed by atoms with E-state index in [0.29, 0.717) is 53.2 Å². The molecular formula is C25H30F3N5O2S. The summed E-state index contributed by atoms with van der Waals surface area (Å²) < 4.78 is 58.8. The van der Waals surface area contributed by atoms with Crippen LogP contribution in [0.15, 0.2) is 24.3 Å². The van der Waals surface area contributed by atoms with Crippen molar-refractivity contribution in [1.82, 2.24) is 19.9 Å². The number of ether oxygens (including phenoxy) is 1. The molecule has 0 spiro atoms. The molecule has 7 nitrogen and oxygen atoms in total. The molecule has 1 saturated heterocycles. The number of aromatic nitrogens is 3. The summed E-state index contributed by atoms with van der Waals surface area (Å²) in [5.41, 5.74) is 0.814. The predicted octanol–water partition coefficient (Wildman–Crippen LogP) is 4.59. The highest BCUT2D eigenvalue weighted by Crippen LogP contribution is 2.36. The van der Waals surface area contributed by atoms with Crippen molar-refractivity contribution >= 4 is 27.7 Å². The summed E-state index contributed by atoms with van der Waals surface area (Å²) in [5, 5.41) is 3.73. The Kier molecular flexibility index (Phi) is 8.40. The Morgan fingerprint density at radius 1 is 1.19 bits per heavy atom. The first kappa shape index (κ1) is 26.3. The van der Waals surface area contributed by atoms with Gasteiger partial charge in [-0.15, -0.1) is 0 Å². The van der Waals surface area contributed by atoms with E-state index in [4.69, 9.17) is 9.72 Å². The normalized spacial score (nSPS) is 18.2. The molecule has 11 heteroatoms. The molecule has 1 aliphatic heterocycles. The quantitative estimate of drug-likeness (QED) is 0.441. The van der Waals surface area contributed by atoms with Crippen molar-refractivity contribution in [3.8, 4) is 5.88 Å². The number of aryl methyl sites for hydroxylation is 1. The number of fused-ring (bicyclic) bond motifs is 1. The zero-order chi connectivity index (χ0) is 25.8. The van der Waals surface area contributed by atoms with Crippen LogP contribution in [0.4, 0.5) is 19.0 Å². The standard InChI is InChI=1S/C25H30F3N5O2S/c1-15-30-23(29-14-17-5-4-6-18(21(17)26)22(27)28)20-13-19(16-7-11-36(34)12-8-16)25(32-24(20)31-15)35-10-9-33(2)3/h4-6,13,16,22H,7-12,14H2,1-3H3,(H,29,30,31,32). The van der Waals surface area contributed by atoms with Crippen LogP contribution in [-0.4, -0.2) is 62.8 Å². The molecule has 0 bridgehead atoms. The summed E-state index contributed by atoms with van der Waals surface area (Å²) in [7, 11) is 3.11. The van der Waals surface area contributed by atoms with Crippen molar-refractivity contribution in [2.24, 2.45) is 0 Å². The van der Waals surface area contributed by atoms with Crippen molar-refractivity contribution in [2.75, 3.05) is 44.1 Å². The second-order valence-corrected chi connectivity index (χ2v) is 10.8. The van der Waals surface area contributed by atoms with Crippen molar-refractivity contribution in [2.45, 2.75) is 38.7 Å². The van der Waals surface area contributed by atoms with Gasteiger partial charge in [-0.25, -0.2) is 23.1 Å². The average Bonchev–Trinajstić information content (AvgIpc) is 2.83. The molecule has 0 unspecified atom stereocenters. The number of nitrogens with zero attached hydrogens (tertiary/aromatic N) is 4. The molecule has 0 aliphatic carbocycles. The van der Waals surface area contributed by atoms with Crippen LogP contribution in [0.3, 0.4) is 0 Å². The molecule has 1 aliphatic rings. The largest absolute Gasteiger partial charge is 0.476 e. The Morgan fingerprint density at radius 3 is 2.64 bits per heavy atom. The van der Waals surface area contributed by atoms with E-state index in [1.807, 2.05) is 25.1 Å². The van der Waals surface area contributed by atoms with Crippen molar-refractivity contribution in [3.05, 3.63) is 52.6 Å². The van der Waals surface area contributed by atoms with Crippen LogP contribution in [0.25, 0.3) is 11.0 Å². The number of halogens is 3. The molecule has 3 aromatic rings. The highest BCUT2D eigenvalue weighted by Gasteiger charge is 2.25. The summed E-state index contributed by atoms with van der Waals surface area (Å²) >= 11 is 0. The summed E-state index contributed by atoms with van der Waals surface area (Å²) in [6, 6.07) is 5.90. The fourth-order valence-electron chi connectivity index (χ4n) is 4.22. The molecule has 0 atom stereocenters. The maximum Gasteiger partial charge on any atom is 0.266 e. The molecule has 0 amide bonds. The van der Waals surface area contributed by atoms with E-state index in [1.54, 1.807) is 6.92 Å². The Labute approximate surface area is 210 Å².